The monoisotopic (exact) mass is 376 g/mol. The maximum Gasteiger partial charge on any atom is 0.336 e. The van der Waals surface area contributed by atoms with Gasteiger partial charge in [-0.15, -0.1) is 0 Å². The third kappa shape index (κ3) is 3.54. The van der Waals surface area contributed by atoms with Gasteiger partial charge in [0.1, 0.15) is 0 Å². The van der Waals surface area contributed by atoms with Gasteiger partial charge in [0, 0.05) is 12.1 Å². The Morgan fingerprint density at radius 3 is 1.96 bits per heavy atom. The molecule has 0 amide bonds. The number of carbonyl (C=O) groups excluding carboxylic acids is 2. The lowest BCUT2D eigenvalue weighted by Crippen LogP contribution is -2.34. The van der Waals surface area contributed by atoms with Crippen molar-refractivity contribution in [3.05, 3.63) is 62.5 Å². The summed E-state index contributed by atoms with van der Waals surface area (Å²) in [7, 11) is 3.82. The summed E-state index contributed by atoms with van der Waals surface area (Å²) in [6.07, 6.45) is 0. The van der Waals surface area contributed by atoms with Crippen LogP contribution in [0.5, 0.6) is 0 Å². The molecule has 1 aromatic carbocycles. The Labute approximate surface area is 155 Å². The molecule has 1 aromatic rings. The number of benzene rings is 1. The van der Waals surface area contributed by atoms with Crippen LogP contribution in [-0.2, 0) is 23.9 Å². The van der Waals surface area contributed by atoms with Crippen LogP contribution in [-0.4, -0.2) is 43.3 Å². The van der Waals surface area contributed by atoms with Crippen LogP contribution in [0.3, 0.4) is 0 Å². The number of hydroxylamine groups is 2. The largest absolute Gasteiger partial charge is 0.466 e. The zero-order valence-electron chi connectivity index (χ0n) is 15.6. The molecule has 0 unspecified atom stereocenters. The lowest BCUT2D eigenvalue weighted by atomic mass is 9.80. The SMILES string of the molecule is COC(=O)C1=C(C)N(OC)C(C)=C(C(=O)OC)C1c1cccc([N+](=O)[O-])c1. The average molecular weight is 376 g/mol. The van der Waals surface area contributed by atoms with Crippen molar-refractivity contribution >= 4 is 17.6 Å². The number of hydrogen-bond acceptors (Lipinski definition) is 8. The van der Waals surface area contributed by atoms with Crippen molar-refractivity contribution in [3.63, 3.8) is 0 Å². The second-order valence-electron chi connectivity index (χ2n) is 5.74. The molecule has 0 atom stereocenters. The summed E-state index contributed by atoms with van der Waals surface area (Å²) in [5.41, 5.74) is 1.30. The van der Waals surface area contributed by atoms with E-state index in [2.05, 4.69) is 0 Å². The summed E-state index contributed by atoms with van der Waals surface area (Å²) in [6.45, 7) is 3.27. The Balaban J connectivity index is 2.82. The van der Waals surface area contributed by atoms with Crippen molar-refractivity contribution in [2.75, 3.05) is 21.3 Å². The van der Waals surface area contributed by atoms with Gasteiger partial charge in [-0.05, 0) is 19.4 Å². The summed E-state index contributed by atoms with van der Waals surface area (Å²) >= 11 is 0. The van der Waals surface area contributed by atoms with Crippen LogP contribution in [0.1, 0.15) is 25.3 Å². The maximum absolute atomic E-state index is 12.5. The van der Waals surface area contributed by atoms with E-state index in [1.165, 1.54) is 44.6 Å². The van der Waals surface area contributed by atoms with Crippen molar-refractivity contribution in [2.24, 2.45) is 0 Å². The topological polar surface area (TPSA) is 108 Å². The van der Waals surface area contributed by atoms with Gasteiger partial charge in [-0.2, -0.15) is 0 Å². The molecule has 144 valence electrons. The van der Waals surface area contributed by atoms with E-state index in [1.54, 1.807) is 19.9 Å². The van der Waals surface area contributed by atoms with Crippen LogP contribution >= 0.6 is 0 Å². The van der Waals surface area contributed by atoms with Gasteiger partial charge in [-0.3, -0.25) is 15.0 Å². The highest BCUT2D eigenvalue weighted by Gasteiger charge is 2.41. The molecule has 2 rings (SSSR count). The number of allylic oxidation sites excluding steroid dienone is 2. The quantitative estimate of drug-likeness (QED) is 0.438. The van der Waals surface area contributed by atoms with E-state index >= 15 is 0 Å². The molecule has 0 fully saturated rings. The molecule has 0 aromatic heterocycles. The van der Waals surface area contributed by atoms with Crippen molar-refractivity contribution < 1.29 is 28.8 Å². The Hall–Kier alpha value is -3.20. The third-order valence-electron chi connectivity index (χ3n) is 4.37. The number of rotatable bonds is 5. The van der Waals surface area contributed by atoms with E-state index in [1.807, 2.05) is 0 Å². The van der Waals surface area contributed by atoms with E-state index in [0.717, 1.165) is 0 Å². The summed E-state index contributed by atoms with van der Waals surface area (Å²) in [6, 6.07) is 5.74. The number of nitrogens with zero attached hydrogens (tertiary/aromatic N) is 2. The summed E-state index contributed by atoms with van der Waals surface area (Å²) < 4.78 is 9.78. The highest BCUT2D eigenvalue weighted by atomic mass is 16.7. The normalized spacial score (nSPS) is 15.1. The molecule has 0 radical (unpaired) electrons. The molecule has 1 heterocycles. The van der Waals surface area contributed by atoms with Crippen LogP contribution in [0.2, 0.25) is 0 Å². The Morgan fingerprint density at radius 2 is 1.56 bits per heavy atom. The fourth-order valence-corrected chi connectivity index (χ4v) is 3.21. The van der Waals surface area contributed by atoms with Crippen molar-refractivity contribution in [3.8, 4) is 0 Å². The van der Waals surface area contributed by atoms with Crippen LogP contribution in [0.25, 0.3) is 0 Å². The third-order valence-corrected chi connectivity index (χ3v) is 4.37. The lowest BCUT2D eigenvalue weighted by molar-refractivity contribution is -0.384. The predicted octanol–water partition coefficient (Wildman–Crippen LogP) is 2.45. The van der Waals surface area contributed by atoms with Gasteiger partial charge in [0.15, 0.2) is 0 Å². The average Bonchev–Trinajstić information content (AvgIpc) is 2.66. The lowest BCUT2D eigenvalue weighted by Gasteiger charge is -2.35. The zero-order valence-corrected chi connectivity index (χ0v) is 15.6. The number of carbonyl (C=O) groups is 2. The first-order valence-corrected chi connectivity index (χ1v) is 7.95. The van der Waals surface area contributed by atoms with Crippen molar-refractivity contribution in [2.45, 2.75) is 19.8 Å². The zero-order chi connectivity index (χ0) is 20.3. The van der Waals surface area contributed by atoms with Crippen LogP contribution < -0.4 is 0 Å². The van der Waals surface area contributed by atoms with E-state index in [0.29, 0.717) is 17.0 Å². The number of ether oxygens (including phenoxy) is 2. The van der Waals surface area contributed by atoms with Gasteiger partial charge in [-0.1, -0.05) is 12.1 Å². The Kier molecular flexibility index (Phi) is 5.96. The first kappa shape index (κ1) is 20.1. The number of nitro benzene ring substituents is 1. The van der Waals surface area contributed by atoms with Crippen molar-refractivity contribution in [1.82, 2.24) is 5.06 Å². The van der Waals surface area contributed by atoms with Crippen molar-refractivity contribution in [1.29, 1.82) is 0 Å². The van der Waals surface area contributed by atoms with Crippen LogP contribution in [0, 0.1) is 10.1 Å². The van der Waals surface area contributed by atoms with E-state index in [4.69, 9.17) is 14.3 Å². The Bertz CT molecular complexity index is 817. The molecule has 0 saturated heterocycles. The predicted molar refractivity (Wildman–Crippen MR) is 94.1 cm³/mol. The molecule has 27 heavy (non-hydrogen) atoms. The second-order valence-corrected chi connectivity index (χ2v) is 5.74. The number of hydrogen-bond donors (Lipinski definition) is 0. The molecule has 9 nitrogen and oxygen atoms in total. The minimum absolute atomic E-state index is 0.130. The van der Waals surface area contributed by atoms with Gasteiger partial charge in [-0.25, -0.2) is 14.7 Å². The fourth-order valence-electron chi connectivity index (χ4n) is 3.21. The number of non-ortho nitro benzene ring substituents is 1. The van der Waals surface area contributed by atoms with Gasteiger partial charge >= 0.3 is 11.9 Å². The highest BCUT2D eigenvalue weighted by molar-refractivity contribution is 5.99. The van der Waals surface area contributed by atoms with Gasteiger partial charge in [0.05, 0.1) is 54.7 Å². The number of nitro groups is 1. The molecular weight excluding hydrogens is 356 g/mol. The smallest absolute Gasteiger partial charge is 0.336 e. The summed E-state index contributed by atoms with van der Waals surface area (Å²) in [5, 5.41) is 12.5. The van der Waals surface area contributed by atoms with E-state index < -0.39 is 22.8 Å². The summed E-state index contributed by atoms with van der Waals surface area (Å²) in [5.74, 6) is -2.27. The Morgan fingerprint density at radius 1 is 1.04 bits per heavy atom. The first-order chi connectivity index (χ1) is 12.8. The first-order valence-electron chi connectivity index (χ1n) is 7.95. The minimum atomic E-state index is -0.906. The second kappa shape index (κ2) is 8.00. The maximum atomic E-state index is 12.5. The molecule has 1 aliphatic heterocycles. The van der Waals surface area contributed by atoms with Gasteiger partial charge in [0.2, 0.25) is 0 Å². The number of esters is 2. The fraction of sp³-hybridized carbons (Fsp3) is 0.333. The van der Waals surface area contributed by atoms with Gasteiger partial charge in [0.25, 0.3) is 5.69 Å². The molecule has 0 spiro atoms. The molecule has 1 aliphatic rings. The van der Waals surface area contributed by atoms with Crippen LogP contribution in [0.4, 0.5) is 5.69 Å². The molecule has 0 aliphatic carbocycles. The molecule has 0 bridgehead atoms. The highest BCUT2D eigenvalue weighted by Crippen LogP contribution is 2.43. The van der Waals surface area contributed by atoms with Crippen LogP contribution in [0.15, 0.2) is 46.8 Å². The number of methoxy groups -OCH3 is 2. The summed E-state index contributed by atoms with van der Waals surface area (Å²) in [4.78, 5) is 41.0. The van der Waals surface area contributed by atoms with Gasteiger partial charge < -0.3 is 9.47 Å². The molecule has 0 N–H and O–H groups in total. The van der Waals surface area contributed by atoms with E-state index in [-0.39, 0.29) is 16.8 Å². The standard InChI is InChI=1S/C18H20N2O7/c1-10-14(17(21)25-3)16(12-7-6-8-13(9-12)20(23)24)15(18(22)26-4)11(2)19(10)27-5/h6-9,16H,1-5H3. The molecular formula is C18H20N2O7. The molecule has 0 saturated carbocycles. The van der Waals surface area contributed by atoms with E-state index in [9.17, 15) is 19.7 Å². The minimum Gasteiger partial charge on any atom is -0.466 e. The molecule has 9 heteroatoms.